The maximum absolute atomic E-state index is 5.74. The first-order valence-electron chi connectivity index (χ1n) is 5.38. The minimum Gasteiger partial charge on any atom is -0.352 e. The Bertz CT molecular complexity index is 143. The van der Waals surface area contributed by atoms with Gasteiger partial charge in [0.15, 0.2) is 6.29 Å². The predicted molar refractivity (Wildman–Crippen MR) is 53.5 cm³/mol. The Balaban J connectivity index is 2.46. The zero-order chi connectivity index (χ0) is 9.84. The van der Waals surface area contributed by atoms with E-state index in [-0.39, 0.29) is 12.4 Å². The van der Waals surface area contributed by atoms with Gasteiger partial charge in [-0.1, -0.05) is 13.8 Å². The molecule has 0 spiro atoms. The second kappa shape index (κ2) is 4.97. The molecule has 13 heavy (non-hydrogen) atoms. The predicted octanol–water partition coefficient (Wildman–Crippen LogP) is 2.82. The van der Waals surface area contributed by atoms with Crippen LogP contribution in [0.2, 0.25) is 0 Å². The molecule has 2 atom stereocenters. The lowest BCUT2D eigenvalue weighted by atomic mass is 9.89. The van der Waals surface area contributed by atoms with Gasteiger partial charge in [0.2, 0.25) is 0 Å². The zero-order valence-corrected chi connectivity index (χ0v) is 9.25. The van der Waals surface area contributed by atoms with Gasteiger partial charge in [-0.15, -0.1) is 0 Å². The second-order valence-corrected chi connectivity index (χ2v) is 4.47. The number of hydrogen-bond donors (Lipinski definition) is 0. The molecule has 0 amide bonds. The first kappa shape index (κ1) is 11.0. The van der Waals surface area contributed by atoms with E-state index in [2.05, 4.69) is 27.7 Å². The van der Waals surface area contributed by atoms with E-state index in [1.165, 1.54) is 12.8 Å². The van der Waals surface area contributed by atoms with Gasteiger partial charge in [-0.2, -0.15) is 0 Å². The van der Waals surface area contributed by atoms with Crippen molar-refractivity contribution in [1.29, 1.82) is 0 Å². The van der Waals surface area contributed by atoms with Gasteiger partial charge >= 0.3 is 0 Å². The van der Waals surface area contributed by atoms with Crippen LogP contribution in [0.3, 0.4) is 0 Å². The molecule has 0 radical (unpaired) electrons. The fraction of sp³-hybridized carbons (Fsp3) is 1.00. The van der Waals surface area contributed by atoms with Gasteiger partial charge < -0.3 is 9.47 Å². The number of hydrogen-bond acceptors (Lipinski definition) is 2. The highest BCUT2D eigenvalue weighted by Crippen LogP contribution is 2.28. The number of ether oxygens (including phenoxy) is 2. The van der Waals surface area contributed by atoms with Crippen molar-refractivity contribution >= 4 is 0 Å². The van der Waals surface area contributed by atoms with Crippen LogP contribution in [0.1, 0.15) is 40.5 Å². The Labute approximate surface area is 81.6 Å². The van der Waals surface area contributed by atoms with Crippen LogP contribution >= 0.6 is 0 Å². The molecule has 1 aliphatic heterocycles. The Morgan fingerprint density at radius 1 is 1.23 bits per heavy atom. The van der Waals surface area contributed by atoms with Gasteiger partial charge in [0.05, 0.1) is 6.10 Å². The molecule has 1 rings (SSSR count). The fourth-order valence-corrected chi connectivity index (χ4v) is 1.83. The summed E-state index contributed by atoms with van der Waals surface area (Å²) in [5.74, 6) is 1.24. The molecule has 1 saturated heterocycles. The highest BCUT2D eigenvalue weighted by atomic mass is 16.7. The fourth-order valence-electron chi connectivity index (χ4n) is 1.83. The quantitative estimate of drug-likeness (QED) is 0.674. The van der Waals surface area contributed by atoms with Crippen molar-refractivity contribution in [2.24, 2.45) is 11.8 Å². The van der Waals surface area contributed by atoms with E-state index in [9.17, 15) is 0 Å². The van der Waals surface area contributed by atoms with Crippen molar-refractivity contribution in [3.63, 3.8) is 0 Å². The molecule has 0 aromatic carbocycles. The highest BCUT2D eigenvalue weighted by Gasteiger charge is 2.29. The summed E-state index contributed by atoms with van der Waals surface area (Å²) >= 11 is 0. The SMILES string of the molecule is CC(C)OC1OCCCC1C(C)C. The van der Waals surface area contributed by atoms with Crippen molar-refractivity contribution < 1.29 is 9.47 Å². The minimum atomic E-state index is 0.0359. The third kappa shape index (κ3) is 3.28. The Hall–Kier alpha value is -0.0800. The van der Waals surface area contributed by atoms with Crippen molar-refractivity contribution in [3.05, 3.63) is 0 Å². The molecule has 1 fully saturated rings. The van der Waals surface area contributed by atoms with Crippen LogP contribution in [0.15, 0.2) is 0 Å². The summed E-state index contributed by atoms with van der Waals surface area (Å²) in [6, 6.07) is 0. The summed E-state index contributed by atoms with van der Waals surface area (Å²) in [5.41, 5.74) is 0. The van der Waals surface area contributed by atoms with Crippen LogP contribution < -0.4 is 0 Å². The third-order valence-electron chi connectivity index (χ3n) is 2.58. The standard InChI is InChI=1S/C11H22O2/c1-8(2)10-6-5-7-12-11(10)13-9(3)4/h8-11H,5-7H2,1-4H3. The molecule has 2 nitrogen and oxygen atoms in total. The lowest BCUT2D eigenvalue weighted by Gasteiger charge is -2.35. The van der Waals surface area contributed by atoms with Crippen molar-refractivity contribution in [3.8, 4) is 0 Å². The van der Waals surface area contributed by atoms with E-state index in [0.717, 1.165) is 6.61 Å². The van der Waals surface area contributed by atoms with Gasteiger partial charge in [0.1, 0.15) is 0 Å². The first-order valence-corrected chi connectivity index (χ1v) is 5.38. The molecule has 0 saturated carbocycles. The van der Waals surface area contributed by atoms with Crippen LogP contribution in [-0.2, 0) is 9.47 Å². The van der Waals surface area contributed by atoms with Crippen LogP contribution in [0, 0.1) is 11.8 Å². The van der Waals surface area contributed by atoms with Crippen molar-refractivity contribution in [1.82, 2.24) is 0 Å². The van der Waals surface area contributed by atoms with Gasteiger partial charge in [-0.25, -0.2) is 0 Å². The molecule has 2 heteroatoms. The molecular formula is C11H22O2. The third-order valence-corrected chi connectivity index (χ3v) is 2.58. The average molecular weight is 186 g/mol. The monoisotopic (exact) mass is 186 g/mol. The molecule has 1 aliphatic rings. The second-order valence-electron chi connectivity index (χ2n) is 4.47. The summed E-state index contributed by atoms with van der Waals surface area (Å²) in [6.07, 6.45) is 2.73. The molecule has 78 valence electrons. The van der Waals surface area contributed by atoms with E-state index in [0.29, 0.717) is 11.8 Å². The molecule has 1 heterocycles. The van der Waals surface area contributed by atoms with Crippen LogP contribution in [-0.4, -0.2) is 19.0 Å². The van der Waals surface area contributed by atoms with Gasteiger partial charge in [0.25, 0.3) is 0 Å². The lowest BCUT2D eigenvalue weighted by Crippen LogP contribution is -2.36. The molecule has 0 aromatic heterocycles. The smallest absolute Gasteiger partial charge is 0.160 e. The van der Waals surface area contributed by atoms with E-state index < -0.39 is 0 Å². The average Bonchev–Trinajstić information content (AvgIpc) is 2.03. The zero-order valence-electron chi connectivity index (χ0n) is 9.25. The maximum Gasteiger partial charge on any atom is 0.160 e. The molecule has 0 aromatic rings. The molecule has 2 unspecified atom stereocenters. The van der Waals surface area contributed by atoms with Crippen molar-refractivity contribution in [2.45, 2.75) is 52.9 Å². The summed E-state index contributed by atoms with van der Waals surface area (Å²) in [6.45, 7) is 9.48. The van der Waals surface area contributed by atoms with E-state index in [4.69, 9.17) is 9.47 Å². The Morgan fingerprint density at radius 3 is 2.46 bits per heavy atom. The van der Waals surface area contributed by atoms with Crippen LogP contribution in [0.4, 0.5) is 0 Å². The summed E-state index contributed by atoms with van der Waals surface area (Å²) in [4.78, 5) is 0. The number of rotatable bonds is 3. The molecule has 0 aliphatic carbocycles. The van der Waals surface area contributed by atoms with Crippen LogP contribution in [0.25, 0.3) is 0 Å². The first-order chi connectivity index (χ1) is 6.11. The molecule has 0 bridgehead atoms. The topological polar surface area (TPSA) is 18.5 Å². The van der Waals surface area contributed by atoms with Crippen LogP contribution in [0.5, 0.6) is 0 Å². The van der Waals surface area contributed by atoms with Gasteiger partial charge in [0, 0.05) is 12.5 Å². The van der Waals surface area contributed by atoms with E-state index in [1.807, 2.05) is 0 Å². The highest BCUT2D eigenvalue weighted by molar-refractivity contribution is 4.71. The Morgan fingerprint density at radius 2 is 1.92 bits per heavy atom. The maximum atomic E-state index is 5.74. The summed E-state index contributed by atoms with van der Waals surface area (Å²) in [7, 11) is 0. The Kier molecular flexibility index (Phi) is 4.20. The molecular weight excluding hydrogens is 164 g/mol. The minimum absolute atomic E-state index is 0.0359. The van der Waals surface area contributed by atoms with E-state index >= 15 is 0 Å². The van der Waals surface area contributed by atoms with Crippen molar-refractivity contribution in [2.75, 3.05) is 6.61 Å². The molecule has 0 N–H and O–H groups in total. The normalized spacial score (nSPS) is 30.0. The summed E-state index contributed by atoms with van der Waals surface area (Å²) < 4.78 is 11.4. The largest absolute Gasteiger partial charge is 0.352 e. The summed E-state index contributed by atoms with van der Waals surface area (Å²) in [5, 5.41) is 0. The lowest BCUT2D eigenvalue weighted by molar-refractivity contribution is -0.216. The van der Waals surface area contributed by atoms with Gasteiger partial charge in [-0.05, 0) is 32.6 Å². The van der Waals surface area contributed by atoms with E-state index in [1.54, 1.807) is 0 Å². The van der Waals surface area contributed by atoms with Gasteiger partial charge in [-0.3, -0.25) is 0 Å².